The fraction of sp³-hybridized carbons (Fsp3) is 0.467. The van der Waals surface area contributed by atoms with E-state index in [2.05, 4.69) is 0 Å². The second-order valence-electron chi connectivity index (χ2n) is 5.32. The molecule has 0 bridgehead atoms. The summed E-state index contributed by atoms with van der Waals surface area (Å²) < 4.78 is 49.4. The Hall–Kier alpha value is -1.92. The number of halogens is 4. The first-order chi connectivity index (χ1) is 10.3. The second kappa shape index (κ2) is 6.46. The van der Waals surface area contributed by atoms with E-state index in [0.29, 0.717) is 18.4 Å². The van der Waals surface area contributed by atoms with Gasteiger partial charge in [-0.25, -0.2) is 4.39 Å². The molecule has 2 rings (SSSR count). The van der Waals surface area contributed by atoms with Crippen molar-refractivity contribution in [2.45, 2.75) is 25.4 Å². The third kappa shape index (κ3) is 4.29. The molecule has 0 aliphatic carbocycles. The SMILES string of the molecule is O=C(c1ccc(F)cc1)C1CCN(C(=O)CC(F)(F)F)CC1. The lowest BCUT2D eigenvalue weighted by atomic mass is 9.89. The maximum atomic E-state index is 12.8. The first-order valence-corrected chi connectivity index (χ1v) is 6.90. The highest BCUT2D eigenvalue weighted by molar-refractivity contribution is 5.98. The fourth-order valence-corrected chi connectivity index (χ4v) is 2.52. The zero-order chi connectivity index (χ0) is 16.3. The average Bonchev–Trinajstić information content (AvgIpc) is 2.46. The third-order valence-electron chi connectivity index (χ3n) is 3.70. The van der Waals surface area contributed by atoms with Crippen molar-refractivity contribution in [1.29, 1.82) is 0 Å². The van der Waals surface area contributed by atoms with Crippen LogP contribution in [0.25, 0.3) is 0 Å². The first-order valence-electron chi connectivity index (χ1n) is 6.90. The number of Topliss-reactive ketones (excluding diaryl/α,β-unsaturated/α-hetero) is 1. The normalized spacial score (nSPS) is 16.6. The van der Waals surface area contributed by atoms with Gasteiger partial charge in [0, 0.05) is 24.6 Å². The Morgan fingerprint density at radius 3 is 2.14 bits per heavy atom. The van der Waals surface area contributed by atoms with Gasteiger partial charge in [-0.05, 0) is 37.1 Å². The van der Waals surface area contributed by atoms with Gasteiger partial charge in [0.25, 0.3) is 0 Å². The second-order valence-corrected chi connectivity index (χ2v) is 5.32. The van der Waals surface area contributed by atoms with Gasteiger partial charge in [0.15, 0.2) is 5.78 Å². The van der Waals surface area contributed by atoms with Crippen LogP contribution >= 0.6 is 0 Å². The van der Waals surface area contributed by atoms with Crippen LogP contribution in [0.5, 0.6) is 0 Å². The Kier molecular flexibility index (Phi) is 4.83. The Balaban J connectivity index is 1.90. The van der Waals surface area contributed by atoms with Crippen LogP contribution in [0.15, 0.2) is 24.3 Å². The molecule has 0 N–H and O–H groups in total. The highest BCUT2D eigenvalue weighted by atomic mass is 19.4. The van der Waals surface area contributed by atoms with Gasteiger partial charge >= 0.3 is 6.18 Å². The molecule has 3 nitrogen and oxygen atoms in total. The molecule has 0 unspecified atom stereocenters. The van der Waals surface area contributed by atoms with Crippen molar-refractivity contribution in [3.8, 4) is 0 Å². The lowest BCUT2D eigenvalue weighted by Gasteiger charge is -2.31. The lowest BCUT2D eigenvalue weighted by molar-refractivity contribution is -0.162. The van der Waals surface area contributed by atoms with Crippen LogP contribution in [-0.2, 0) is 4.79 Å². The van der Waals surface area contributed by atoms with Crippen molar-refractivity contribution >= 4 is 11.7 Å². The molecule has 0 aromatic heterocycles. The van der Waals surface area contributed by atoms with E-state index in [-0.39, 0.29) is 24.8 Å². The molecule has 1 aliphatic heterocycles. The van der Waals surface area contributed by atoms with Gasteiger partial charge in [-0.2, -0.15) is 13.2 Å². The summed E-state index contributed by atoms with van der Waals surface area (Å²) in [6, 6.07) is 5.15. The minimum atomic E-state index is -4.52. The summed E-state index contributed by atoms with van der Waals surface area (Å²) in [4.78, 5) is 24.8. The Morgan fingerprint density at radius 1 is 1.09 bits per heavy atom. The van der Waals surface area contributed by atoms with E-state index in [9.17, 15) is 27.2 Å². The molecule has 1 aliphatic rings. The zero-order valence-electron chi connectivity index (χ0n) is 11.7. The molecule has 0 saturated carbocycles. The number of carbonyl (C=O) groups is 2. The van der Waals surface area contributed by atoms with Crippen LogP contribution in [-0.4, -0.2) is 35.9 Å². The van der Waals surface area contributed by atoms with E-state index in [0.717, 1.165) is 4.90 Å². The number of likely N-dealkylation sites (tertiary alicyclic amines) is 1. The van der Waals surface area contributed by atoms with E-state index < -0.39 is 24.3 Å². The molecule has 1 fully saturated rings. The number of carbonyl (C=O) groups excluding carboxylic acids is 2. The van der Waals surface area contributed by atoms with E-state index in [1.165, 1.54) is 24.3 Å². The summed E-state index contributed by atoms with van der Waals surface area (Å²) in [5.74, 6) is -1.91. The summed E-state index contributed by atoms with van der Waals surface area (Å²) in [5.41, 5.74) is 0.376. The lowest BCUT2D eigenvalue weighted by Crippen LogP contribution is -2.41. The molecule has 7 heteroatoms. The van der Waals surface area contributed by atoms with Crippen molar-refractivity contribution in [3.05, 3.63) is 35.6 Å². The van der Waals surface area contributed by atoms with Crippen LogP contribution in [0.1, 0.15) is 29.6 Å². The summed E-state index contributed by atoms with van der Waals surface area (Å²) in [6.45, 7) is 0.263. The molecule has 0 radical (unpaired) electrons. The van der Waals surface area contributed by atoms with E-state index in [1.807, 2.05) is 0 Å². The summed E-state index contributed by atoms with van der Waals surface area (Å²) >= 11 is 0. The predicted molar refractivity (Wildman–Crippen MR) is 70.7 cm³/mol. The van der Waals surface area contributed by atoms with Crippen LogP contribution in [0.4, 0.5) is 17.6 Å². The number of alkyl halides is 3. The molecule has 0 atom stereocenters. The van der Waals surface area contributed by atoms with Crippen LogP contribution in [0, 0.1) is 11.7 Å². The van der Waals surface area contributed by atoms with E-state index >= 15 is 0 Å². The third-order valence-corrected chi connectivity index (χ3v) is 3.70. The maximum absolute atomic E-state index is 12.8. The number of rotatable bonds is 3. The van der Waals surface area contributed by atoms with Crippen LogP contribution in [0.3, 0.4) is 0 Å². The molecule has 1 aromatic rings. The minimum Gasteiger partial charge on any atom is -0.342 e. The number of amides is 1. The van der Waals surface area contributed by atoms with Crippen LogP contribution < -0.4 is 0 Å². The summed E-state index contributed by atoms with van der Waals surface area (Å²) in [7, 11) is 0. The minimum absolute atomic E-state index is 0.131. The van der Waals surface area contributed by atoms with Crippen molar-refractivity contribution in [2.75, 3.05) is 13.1 Å². The van der Waals surface area contributed by atoms with E-state index in [1.54, 1.807) is 0 Å². The average molecular weight is 317 g/mol. The monoisotopic (exact) mass is 317 g/mol. The molecule has 0 spiro atoms. The molecule has 120 valence electrons. The number of hydrogen-bond acceptors (Lipinski definition) is 2. The number of nitrogens with zero attached hydrogens (tertiary/aromatic N) is 1. The zero-order valence-corrected chi connectivity index (χ0v) is 11.7. The van der Waals surface area contributed by atoms with Crippen molar-refractivity contribution in [3.63, 3.8) is 0 Å². The van der Waals surface area contributed by atoms with Gasteiger partial charge in [-0.3, -0.25) is 9.59 Å². The smallest absolute Gasteiger partial charge is 0.342 e. The van der Waals surface area contributed by atoms with Gasteiger partial charge in [0.1, 0.15) is 12.2 Å². The number of ketones is 1. The van der Waals surface area contributed by atoms with Gasteiger partial charge in [0.05, 0.1) is 0 Å². The highest BCUT2D eigenvalue weighted by Gasteiger charge is 2.35. The molecule has 1 aromatic carbocycles. The fourth-order valence-electron chi connectivity index (χ4n) is 2.52. The summed E-state index contributed by atoms with van der Waals surface area (Å²) in [6.07, 6.45) is -5.35. The number of benzene rings is 1. The molecular weight excluding hydrogens is 302 g/mol. The van der Waals surface area contributed by atoms with Crippen molar-refractivity contribution < 1.29 is 27.2 Å². The first kappa shape index (κ1) is 16.5. The van der Waals surface area contributed by atoms with Gasteiger partial charge < -0.3 is 4.90 Å². The van der Waals surface area contributed by atoms with Gasteiger partial charge in [-0.1, -0.05) is 0 Å². The standard InChI is InChI=1S/C15H15F4NO2/c16-12-3-1-10(2-4-12)14(22)11-5-7-20(8-6-11)13(21)9-15(17,18)19/h1-4,11H,5-9H2. The largest absolute Gasteiger partial charge is 0.397 e. The molecular formula is C15H15F4NO2. The molecule has 1 saturated heterocycles. The Labute approximate surface area is 124 Å². The maximum Gasteiger partial charge on any atom is 0.397 e. The molecule has 1 amide bonds. The summed E-state index contributed by atoms with van der Waals surface area (Å²) in [5, 5.41) is 0. The molecule has 22 heavy (non-hydrogen) atoms. The number of hydrogen-bond donors (Lipinski definition) is 0. The van der Waals surface area contributed by atoms with Crippen molar-refractivity contribution in [2.24, 2.45) is 5.92 Å². The predicted octanol–water partition coefficient (Wildman–Crippen LogP) is 3.20. The van der Waals surface area contributed by atoms with Gasteiger partial charge in [-0.15, -0.1) is 0 Å². The van der Waals surface area contributed by atoms with E-state index in [4.69, 9.17) is 0 Å². The van der Waals surface area contributed by atoms with Crippen molar-refractivity contribution in [1.82, 2.24) is 4.90 Å². The highest BCUT2D eigenvalue weighted by Crippen LogP contribution is 2.25. The Morgan fingerprint density at radius 2 is 1.64 bits per heavy atom. The Bertz CT molecular complexity index is 546. The van der Waals surface area contributed by atoms with Gasteiger partial charge in [0.2, 0.25) is 5.91 Å². The quantitative estimate of drug-likeness (QED) is 0.634. The number of piperidine rings is 1. The van der Waals surface area contributed by atoms with Crippen LogP contribution in [0.2, 0.25) is 0 Å². The topological polar surface area (TPSA) is 37.4 Å². The molecule has 1 heterocycles.